The van der Waals surface area contributed by atoms with Crippen LogP contribution in [-0.4, -0.2) is 77.9 Å². The van der Waals surface area contributed by atoms with Gasteiger partial charge in [-0.05, 0) is 60.6 Å². The van der Waals surface area contributed by atoms with E-state index >= 15 is 0 Å². The van der Waals surface area contributed by atoms with Crippen LogP contribution in [0, 0.1) is 6.92 Å². The summed E-state index contributed by atoms with van der Waals surface area (Å²) in [5.74, 6) is -1.13. The number of nitrogens with zero attached hydrogens (tertiary/aromatic N) is 2. The number of rotatable bonds is 3. The van der Waals surface area contributed by atoms with Crippen molar-refractivity contribution in [3.8, 4) is 0 Å². The van der Waals surface area contributed by atoms with Crippen LogP contribution in [0.5, 0.6) is 0 Å². The van der Waals surface area contributed by atoms with Crippen molar-refractivity contribution in [1.29, 1.82) is 0 Å². The molecule has 1 atom stereocenters. The van der Waals surface area contributed by atoms with Crippen LogP contribution in [-0.2, 0) is 19.0 Å². The maximum atomic E-state index is 13.6. The average molecular weight is 508 g/mol. The number of piperazine rings is 1. The Labute approximate surface area is 214 Å². The number of anilines is 1. The molecule has 0 radical (unpaired) electrons. The molecule has 1 fully saturated rings. The molecule has 10 heteroatoms. The van der Waals surface area contributed by atoms with Crippen LogP contribution in [0.3, 0.4) is 0 Å². The number of esters is 1. The SMILES string of the molecule is CC.COC(=O)C1CN(C(=O)OC(C)(C)C)CCN1C(=O)c1cc(C)ccc1NC(=O)OC(C)(C)C. The molecule has 1 saturated heterocycles. The minimum absolute atomic E-state index is 0.0754. The number of nitrogens with one attached hydrogen (secondary N) is 1. The Bertz CT molecular complexity index is 948. The van der Waals surface area contributed by atoms with Gasteiger partial charge in [0.2, 0.25) is 0 Å². The van der Waals surface area contributed by atoms with Crippen LogP contribution in [0.25, 0.3) is 0 Å². The summed E-state index contributed by atoms with van der Waals surface area (Å²) >= 11 is 0. The van der Waals surface area contributed by atoms with Crippen LogP contribution < -0.4 is 5.32 Å². The second-order valence-electron chi connectivity index (χ2n) is 10.1. The summed E-state index contributed by atoms with van der Waals surface area (Å²) in [6.45, 7) is 16.4. The van der Waals surface area contributed by atoms with Crippen LogP contribution in [0.4, 0.5) is 15.3 Å². The predicted molar refractivity (Wildman–Crippen MR) is 137 cm³/mol. The summed E-state index contributed by atoms with van der Waals surface area (Å²) in [7, 11) is 1.22. The van der Waals surface area contributed by atoms with E-state index in [-0.39, 0.29) is 30.9 Å². The molecule has 10 nitrogen and oxygen atoms in total. The van der Waals surface area contributed by atoms with Crippen LogP contribution in [0.15, 0.2) is 18.2 Å². The number of methoxy groups -OCH3 is 1. The number of hydrogen-bond donors (Lipinski definition) is 1. The maximum Gasteiger partial charge on any atom is 0.412 e. The van der Waals surface area contributed by atoms with E-state index in [9.17, 15) is 19.2 Å². The number of amides is 3. The van der Waals surface area contributed by atoms with Crippen LogP contribution in [0.1, 0.15) is 71.3 Å². The van der Waals surface area contributed by atoms with Crippen LogP contribution in [0.2, 0.25) is 0 Å². The zero-order chi connectivity index (χ0) is 27.8. The van der Waals surface area contributed by atoms with Gasteiger partial charge in [-0.2, -0.15) is 0 Å². The minimum atomic E-state index is -1.03. The molecular formula is C26H41N3O7. The highest BCUT2D eigenvalue weighted by atomic mass is 16.6. The van der Waals surface area contributed by atoms with E-state index in [1.54, 1.807) is 59.7 Å². The molecule has 0 saturated carbocycles. The molecule has 1 aromatic carbocycles. The lowest BCUT2D eigenvalue weighted by Gasteiger charge is -2.40. The number of aryl methyl sites for hydroxylation is 1. The lowest BCUT2D eigenvalue weighted by molar-refractivity contribution is -0.147. The summed E-state index contributed by atoms with van der Waals surface area (Å²) in [6, 6.07) is 3.95. The lowest BCUT2D eigenvalue weighted by Crippen LogP contribution is -2.60. The molecule has 0 aromatic heterocycles. The standard InChI is InChI=1S/C24H35N3O7.C2H6/c1-15-9-10-17(25-21(30)33-23(2,3)4)16(13-15)19(28)27-12-11-26(14-18(27)20(29)32-8)22(31)34-24(5,6)7;1-2/h9-10,13,18H,11-12,14H2,1-8H3,(H,25,30);1-2H3. The number of hydrogen-bond acceptors (Lipinski definition) is 7. The first-order chi connectivity index (χ1) is 16.6. The van der Waals surface area contributed by atoms with E-state index in [1.807, 2.05) is 20.8 Å². The van der Waals surface area contributed by atoms with Gasteiger partial charge in [-0.25, -0.2) is 14.4 Å². The molecule has 0 spiro atoms. The molecular weight excluding hydrogens is 466 g/mol. The van der Waals surface area contributed by atoms with Gasteiger partial charge in [0.1, 0.15) is 17.2 Å². The van der Waals surface area contributed by atoms with Gasteiger partial charge in [0.05, 0.1) is 24.9 Å². The van der Waals surface area contributed by atoms with E-state index in [0.29, 0.717) is 0 Å². The summed E-state index contributed by atoms with van der Waals surface area (Å²) in [5.41, 5.74) is -0.171. The highest BCUT2D eigenvalue weighted by Crippen LogP contribution is 2.24. The maximum absolute atomic E-state index is 13.6. The molecule has 3 amide bonds. The second-order valence-corrected chi connectivity index (χ2v) is 10.1. The van der Waals surface area contributed by atoms with Crippen molar-refractivity contribution < 1.29 is 33.4 Å². The van der Waals surface area contributed by atoms with Crippen LogP contribution >= 0.6 is 0 Å². The first-order valence-electron chi connectivity index (χ1n) is 12.1. The molecule has 1 heterocycles. The van der Waals surface area contributed by atoms with E-state index in [0.717, 1.165) is 5.56 Å². The quantitative estimate of drug-likeness (QED) is 0.470. The van der Waals surface area contributed by atoms with Crippen molar-refractivity contribution >= 4 is 29.8 Å². The van der Waals surface area contributed by atoms with Gasteiger partial charge >= 0.3 is 18.2 Å². The molecule has 0 aliphatic carbocycles. The molecule has 1 aromatic rings. The fraction of sp³-hybridized carbons (Fsp3) is 0.615. The Kier molecular flexibility index (Phi) is 10.8. The van der Waals surface area contributed by atoms with Crippen molar-refractivity contribution in [1.82, 2.24) is 9.80 Å². The Hall–Kier alpha value is -3.30. The number of carbonyl (C=O) groups excluding carboxylic acids is 4. The number of ether oxygens (including phenoxy) is 3. The highest BCUT2D eigenvalue weighted by Gasteiger charge is 2.40. The van der Waals surface area contributed by atoms with Gasteiger partial charge in [-0.3, -0.25) is 10.1 Å². The Balaban J connectivity index is 0.00000316. The molecule has 1 unspecified atom stereocenters. The molecule has 36 heavy (non-hydrogen) atoms. The third kappa shape index (κ3) is 9.05. The average Bonchev–Trinajstić information content (AvgIpc) is 2.77. The highest BCUT2D eigenvalue weighted by molar-refractivity contribution is 6.04. The largest absolute Gasteiger partial charge is 0.467 e. The van der Waals surface area contributed by atoms with Crippen molar-refractivity contribution in [2.24, 2.45) is 0 Å². The molecule has 1 aliphatic heterocycles. The van der Waals surface area contributed by atoms with Crippen molar-refractivity contribution in [2.75, 3.05) is 32.1 Å². The minimum Gasteiger partial charge on any atom is -0.467 e. The third-order valence-electron chi connectivity index (χ3n) is 4.81. The third-order valence-corrected chi connectivity index (χ3v) is 4.81. The van der Waals surface area contributed by atoms with Gasteiger partial charge in [-0.15, -0.1) is 0 Å². The summed E-state index contributed by atoms with van der Waals surface area (Å²) in [5, 5.41) is 2.62. The zero-order valence-corrected chi connectivity index (χ0v) is 23.2. The second kappa shape index (κ2) is 12.6. The smallest absolute Gasteiger partial charge is 0.412 e. The molecule has 202 valence electrons. The molecule has 0 bridgehead atoms. The molecule has 2 rings (SSSR count). The van der Waals surface area contributed by atoms with Gasteiger partial charge in [0.15, 0.2) is 0 Å². The van der Waals surface area contributed by atoms with Gasteiger partial charge in [-0.1, -0.05) is 25.5 Å². The van der Waals surface area contributed by atoms with Crippen molar-refractivity contribution in [2.45, 2.75) is 79.6 Å². The molecule has 1 N–H and O–H groups in total. The topological polar surface area (TPSA) is 114 Å². The van der Waals surface area contributed by atoms with E-state index < -0.39 is 41.3 Å². The summed E-state index contributed by atoms with van der Waals surface area (Å²) in [6.07, 6.45) is -1.28. The zero-order valence-electron chi connectivity index (χ0n) is 23.2. The van der Waals surface area contributed by atoms with E-state index in [2.05, 4.69) is 5.32 Å². The first-order valence-corrected chi connectivity index (χ1v) is 12.1. The van der Waals surface area contributed by atoms with Crippen molar-refractivity contribution in [3.63, 3.8) is 0 Å². The number of carbonyl (C=O) groups is 4. The summed E-state index contributed by atoms with van der Waals surface area (Å²) < 4.78 is 15.6. The Morgan fingerprint density at radius 1 is 0.944 bits per heavy atom. The summed E-state index contributed by atoms with van der Waals surface area (Å²) in [4.78, 5) is 53.7. The van der Waals surface area contributed by atoms with E-state index in [4.69, 9.17) is 14.2 Å². The Morgan fingerprint density at radius 3 is 2.06 bits per heavy atom. The first kappa shape index (κ1) is 30.7. The number of benzene rings is 1. The van der Waals surface area contributed by atoms with Gasteiger partial charge in [0, 0.05) is 13.1 Å². The van der Waals surface area contributed by atoms with E-state index in [1.165, 1.54) is 16.9 Å². The Morgan fingerprint density at radius 2 is 1.53 bits per heavy atom. The fourth-order valence-corrected chi connectivity index (χ4v) is 3.37. The monoisotopic (exact) mass is 507 g/mol. The normalized spacial score (nSPS) is 15.8. The predicted octanol–water partition coefficient (Wildman–Crippen LogP) is 4.60. The van der Waals surface area contributed by atoms with Gasteiger partial charge < -0.3 is 24.0 Å². The fourth-order valence-electron chi connectivity index (χ4n) is 3.37. The van der Waals surface area contributed by atoms with Crippen molar-refractivity contribution in [3.05, 3.63) is 29.3 Å². The van der Waals surface area contributed by atoms with Gasteiger partial charge in [0.25, 0.3) is 5.91 Å². The lowest BCUT2D eigenvalue weighted by atomic mass is 10.0. The molecule has 1 aliphatic rings.